The average molecular weight is 350 g/mol. The van der Waals surface area contributed by atoms with Crippen LogP contribution in [0.5, 0.6) is 0 Å². The monoisotopic (exact) mass is 350 g/mol. The lowest BCUT2D eigenvalue weighted by atomic mass is 9.89. The number of carbonyl (C=O) groups excluding carboxylic acids is 2. The van der Waals surface area contributed by atoms with Crippen LogP contribution in [0.15, 0.2) is 48.5 Å². The third kappa shape index (κ3) is 1.98. The van der Waals surface area contributed by atoms with Crippen molar-refractivity contribution in [3.05, 3.63) is 71.0 Å². The van der Waals surface area contributed by atoms with Crippen LogP contribution < -0.4 is 5.32 Å². The van der Waals surface area contributed by atoms with Crippen LogP contribution in [0.25, 0.3) is 0 Å². The summed E-state index contributed by atoms with van der Waals surface area (Å²) in [6, 6.07) is 13.7. The van der Waals surface area contributed by atoms with Crippen molar-refractivity contribution >= 4 is 11.8 Å². The van der Waals surface area contributed by atoms with E-state index in [0.717, 1.165) is 19.5 Å². The highest BCUT2D eigenvalue weighted by atomic mass is 19.1. The van der Waals surface area contributed by atoms with Crippen molar-refractivity contribution in [3.8, 4) is 0 Å². The Balaban J connectivity index is 1.56. The van der Waals surface area contributed by atoms with E-state index in [1.54, 1.807) is 30.3 Å². The van der Waals surface area contributed by atoms with Crippen molar-refractivity contribution in [1.29, 1.82) is 0 Å². The van der Waals surface area contributed by atoms with E-state index in [0.29, 0.717) is 22.6 Å². The molecule has 2 amide bonds. The summed E-state index contributed by atoms with van der Waals surface area (Å²) in [6.45, 7) is 1.93. The number of amides is 2. The minimum Gasteiger partial charge on any atom is -0.316 e. The fourth-order valence-corrected chi connectivity index (χ4v) is 5.10. The summed E-state index contributed by atoms with van der Waals surface area (Å²) in [7, 11) is 0. The summed E-state index contributed by atoms with van der Waals surface area (Å²) >= 11 is 0. The summed E-state index contributed by atoms with van der Waals surface area (Å²) < 4.78 is 14.7. The van der Waals surface area contributed by atoms with Crippen molar-refractivity contribution in [2.24, 2.45) is 11.8 Å². The zero-order valence-electron chi connectivity index (χ0n) is 14.2. The molecular formula is C21H19FN2O2. The number of imide groups is 1. The molecule has 132 valence electrons. The van der Waals surface area contributed by atoms with Gasteiger partial charge in [0.2, 0.25) is 0 Å². The van der Waals surface area contributed by atoms with Crippen molar-refractivity contribution in [2.45, 2.75) is 11.8 Å². The Labute approximate surface area is 151 Å². The molecule has 0 aromatic heterocycles. The van der Waals surface area contributed by atoms with Gasteiger partial charge in [-0.25, -0.2) is 4.39 Å². The summed E-state index contributed by atoms with van der Waals surface area (Å²) in [5.74, 6) is -0.239. The van der Waals surface area contributed by atoms with E-state index in [1.165, 1.54) is 11.0 Å². The molecule has 2 aromatic carbocycles. The Bertz CT molecular complexity index is 879. The van der Waals surface area contributed by atoms with Crippen LogP contribution >= 0.6 is 0 Å². The van der Waals surface area contributed by atoms with Gasteiger partial charge in [-0.1, -0.05) is 30.3 Å². The molecule has 2 heterocycles. The number of nitrogens with zero attached hydrogens (tertiary/aromatic N) is 1. The van der Waals surface area contributed by atoms with Crippen LogP contribution in [-0.4, -0.2) is 36.3 Å². The van der Waals surface area contributed by atoms with Gasteiger partial charge in [-0.15, -0.1) is 0 Å². The maximum atomic E-state index is 14.7. The molecule has 1 N–H and O–H groups in total. The van der Waals surface area contributed by atoms with Crippen LogP contribution in [0.4, 0.5) is 4.39 Å². The van der Waals surface area contributed by atoms with Gasteiger partial charge < -0.3 is 5.32 Å². The Kier molecular flexibility index (Phi) is 3.31. The van der Waals surface area contributed by atoms with Gasteiger partial charge in [-0.2, -0.15) is 0 Å². The Morgan fingerprint density at radius 3 is 2.27 bits per heavy atom. The number of rotatable bonds is 3. The fraction of sp³-hybridized carbons (Fsp3) is 0.333. The van der Waals surface area contributed by atoms with Gasteiger partial charge in [-0.05, 0) is 55.1 Å². The van der Waals surface area contributed by atoms with Gasteiger partial charge in [0.25, 0.3) is 11.8 Å². The van der Waals surface area contributed by atoms with Crippen LogP contribution in [0, 0.1) is 17.7 Å². The number of halogens is 1. The van der Waals surface area contributed by atoms with Crippen LogP contribution in [0.3, 0.4) is 0 Å². The molecule has 0 bridgehead atoms. The normalized spacial score (nSPS) is 29.5. The average Bonchev–Trinajstić information content (AvgIpc) is 3.26. The van der Waals surface area contributed by atoms with Gasteiger partial charge in [0, 0.05) is 12.0 Å². The number of carbonyl (C=O) groups is 2. The SMILES string of the molecule is O=C1c2ccccc2C(=O)N1C[C@]1(c2ccccc2F)[C@@H]2CCNC[C@@H]21. The van der Waals surface area contributed by atoms with Gasteiger partial charge in [0.05, 0.1) is 11.1 Å². The number of fused-ring (bicyclic) bond motifs is 2. The van der Waals surface area contributed by atoms with E-state index in [2.05, 4.69) is 5.32 Å². The lowest BCUT2D eigenvalue weighted by Gasteiger charge is -2.25. The van der Waals surface area contributed by atoms with E-state index in [9.17, 15) is 14.0 Å². The molecule has 2 aromatic rings. The first kappa shape index (κ1) is 15.7. The van der Waals surface area contributed by atoms with E-state index in [1.807, 2.05) is 12.1 Å². The molecule has 1 saturated carbocycles. The Hall–Kier alpha value is -2.53. The molecule has 1 aliphatic carbocycles. The molecule has 2 fully saturated rings. The Morgan fingerprint density at radius 2 is 1.65 bits per heavy atom. The first-order valence-corrected chi connectivity index (χ1v) is 9.05. The van der Waals surface area contributed by atoms with E-state index in [-0.39, 0.29) is 30.1 Å². The number of piperidine rings is 1. The fourth-order valence-electron chi connectivity index (χ4n) is 5.10. The number of nitrogens with one attached hydrogen (secondary N) is 1. The summed E-state index contributed by atoms with van der Waals surface area (Å²) in [5.41, 5.74) is 1.04. The largest absolute Gasteiger partial charge is 0.316 e. The summed E-state index contributed by atoms with van der Waals surface area (Å²) in [6.07, 6.45) is 0.933. The Morgan fingerprint density at radius 1 is 1.00 bits per heavy atom. The topological polar surface area (TPSA) is 49.4 Å². The molecule has 0 spiro atoms. The maximum absolute atomic E-state index is 14.7. The van der Waals surface area contributed by atoms with Crippen LogP contribution in [0.2, 0.25) is 0 Å². The lowest BCUT2D eigenvalue weighted by Crippen LogP contribution is -2.39. The zero-order valence-corrected chi connectivity index (χ0v) is 14.2. The standard InChI is InChI=1S/C21H19FN2O2/c22-18-8-4-3-7-16(18)21(15-9-10-23-11-17(15)21)12-24-19(25)13-5-1-2-6-14(13)20(24)26/h1-8,15,17,23H,9-12H2/t15-,17+,21-/m1/s1. The summed E-state index contributed by atoms with van der Waals surface area (Å²) in [5, 5.41) is 3.37. The van der Waals surface area contributed by atoms with E-state index >= 15 is 0 Å². The molecule has 2 aliphatic heterocycles. The van der Waals surface area contributed by atoms with Crippen LogP contribution in [0.1, 0.15) is 32.7 Å². The molecule has 0 unspecified atom stereocenters. The van der Waals surface area contributed by atoms with Crippen molar-refractivity contribution in [3.63, 3.8) is 0 Å². The molecule has 1 saturated heterocycles. The van der Waals surface area contributed by atoms with Crippen LogP contribution in [-0.2, 0) is 5.41 Å². The van der Waals surface area contributed by atoms with Gasteiger partial charge in [0.1, 0.15) is 5.82 Å². The molecule has 3 atom stereocenters. The van der Waals surface area contributed by atoms with Crippen molar-refractivity contribution < 1.29 is 14.0 Å². The van der Waals surface area contributed by atoms with Crippen molar-refractivity contribution in [2.75, 3.05) is 19.6 Å². The molecule has 5 heteroatoms. The second-order valence-corrected chi connectivity index (χ2v) is 7.47. The minimum absolute atomic E-state index is 0.247. The molecule has 0 radical (unpaired) electrons. The molecule has 5 rings (SSSR count). The first-order valence-electron chi connectivity index (χ1n) is 9.05. The quantitative estimate of drug-likeness (QED) is 0.866. The second-order valence-electron chi connectivity index (χ2n) is 7.47. The van der Waals surface area contributed by atoms with Gasteiger partial charge >= 0.3 is 0 Å². The predicted octanol–water partition coefficient (Wildman–Crippen LogP) is 2.60. The highest BCUT2D eigenvalue weighted by Gasteiger charge is 2.67. The summed E-state index contributed by atoms with van der Waals surface area (Å²) in [4.78, 5) is 27.0. The lowest BCUT2D eigenvalue weighted by molar-refractivity contribution is 0.0632. The number of hydrogen-bond donors (Lipinski definition) is 1. The molecule has 4 nitrogen and oxygen atoms in total. The first-order chi connectivity index (χ1) is 12.6. The molecular weight excluding hydrogens is 331 g/mol. The highest BCUT2D eigenvalue weighted by molar-refractivity contribution is 6.21. The molecule has 3 aliphatic rings. The smallest absolute Gasteiger partial charge is 0.261 e. The number of benzene rings is 2. The molecule has 26 heavy (non-hydrogen) atoms. The maximum Gasteiger partial charge on any atom is 0.261 e. The van der Waals surface area contributed by atoms with Gasteiger partial charge in [-0.3, -0.25) is 14.5 Å². The minimum atomic E-state index is -0.484. The predicted molar refractivity (Wildman–Crippen MR) is 94.4 cm³/mol. The van der Waals surface area contributed by atoms with Crippen molar-refractivity contribution in [1.82, 2.24) is 10.2 Å². The second kappa shape index (κ2) is 5.48. The van der Waals surface area contributed by atoms with E-state index in [4.69, 9.17) is 0 Å². The zero-order chi connectivity index (χ0) is 17.9. The highest BCUT2D eigenvalue weighted by Crippen LogP contribution is 2.63. The third-order valence-corrected chi connectivity index (χ3v) is 6.37. The van der Waals surface area contributed by atoms with Gasteiger partial charge in [0.15, 0.2) is 0 Å². The third-order valence-electron chi connectivity index (χ3n) is 6.37. The number of hydrogen-bond acceptors (Lipinski definition) is 3. The van der Waals surface area contributed by atoms with E-state index < -0.39 is 5.41 Å².